The van der Waals surface area contributed by atoms with Crippen molar-refractivity contribution in [1.82, 2.24) is 0 Å². The lowest BCUT2D eigenvalue weighted by Crippen LogP contribution is -2.21. The van der Waals surface area contributed by atoms with E-state index in [1.807, 2.05) is 31.2 Å². The normalized spacial score (nSPS) is 16.2. The summed E-state index contributed by atoms with van der Waals surface area (Å²) < 4.78 is 12.8. The van der Waals surface area contributed by atoms with Crippen LogP contribution in [0.1, 0.15) is 46.6 Å². The standard InChI is InChI=1S/C17H26OS/c1-7-8-16(14(3)17(4,5)6)19(18)15-11-9-13(2)10-12-15/h8-12,14H,7H2,1-6H3/b16-8-/t14-,19?/m1/s1. The number of rotatable bonds is 4. The fourth-order valence-electron chi connectivity index (χ4n) is 1.84. The zero-order valence-electron chi connectivity index (χ0n) is 13.0. The van der Waals surface area contributed by atoms with Gasteiger partial charge in [0.05, 0.1) is 10.8 Å². The van der Waals surface area contributed by atoms with E-state index in [0.29, 0.717) is 5.92 Å². The SMILES string of the molecule is CC/C=C(/[C@@H](C)C(C)(C)C)S(=O)c1ccc(C)cc1. The first-order chi connectivity index (χ1) is 8.77. The maximum atomic E-state index is 12.8. The molecule has 1 unspecified atom stereocenters. The molecule has 106 valence electrons. The monoisotopic (exact) mass is 278 g/mol. The van der Waals surface area contributed by atoms with Gasteiger partial charge in [0.2, 0.25) is 0 Å². The van der Waals surface area contributed by atoms with Gasteiger partial charge >= 0.3 is 0 Å². The third-order valence-electron chi connectivity index (χ3n) is 3.58. The molecule has 2 atom stereocenters. The third kappa shape index (κ3) is 4.31. The van der Waals surface area contributed by atoms with Crippen LogP contribution < -0.4 is 0 Å². The summed E-state index contributed by atoms with van der Waals surface area (Å²) in [6.07, 6.45) is 3.05. The van der Waals surface area contributed by atoms with Crippen molar-refractivity contribution in [3.8, 4) is 0 Å². The van der Waals surface area contributed by atoms with Crippen molar-refractivity contribution in [2.75, 3.05) is 0 Å². The molecule has 0 saturated heterocycles. The van der Waals surface area contributed by atoms with Gasteiger partial charge in [0.1, 0.15) is 0 Å². The third-order valence-corrected chi connectivity index (χ3v) is 5.23. The fourth-order valence-corrected chi connectivity index (χ4v) is 3.49. The fraction of sp³-hybridized carbons (Fsp3) is 0.529. The molecule has 0 bridgehead atoms. The van der Waals surface area contributed by atoms with Crippen LogP contribution in [0.3, 0.4) is 0 Å². The van der Waals surface area contributed by atoms with Crippen molar-refractivity contribution in [3.63, 3.8) is 0 Å². The maximum absolute atomic E-state index is 12.8. The minimum Gasteiger partial charge on any atom is -0.249 e. The minimum atomic E-state index is -1.04. The molecule has 0 radical (unpaired) electrons. The van der Waals surface area contributed by atoms with Crippen molar-refractivity contribution < 1.29 is 4.21 Å². The Kier molecular flexibility index (Phi) is 5.54. The van der Waals surface area contributed by atoms with E-state index in [1.54, 1.807) is 0 Å². The summed E-state index contributed by atoms with van der Waals surface area (Å²) in [5.41, 5.74) is 1.33. The summed E-state index contributed by atoms with van der Waals surface area (Å²) in [4.78, 5) is 1.96. The van der Waals surface area contributed by atoms with Crippen LogP contribution >= 0.6 is 0 Å². The lowest BCUT2D eigenvalue weighted by atomic mass is 9.81. The Morgan fingerprint density at radius 2 is 1.79 bits per heavy atom. The van der Waals surface area contributed by atoms with Crippen LogP contribution in [-0.2, 0) is 10.8 Å². The Labute approximate surface area is 120 Å². The van der Waals surface area contributed by atoms with E-state index < -0.39 is 10.8 Å². The van der Waals surface area contributed by atoms with Gasteiger partial charge in [-0.25, -0.2) is 4.21 Å². The molecule has 0 aliphatic carbocycles. The van der Waals surface area contributed by atoms with E-state index in [-0.39, 0.29) is 5.41 Å². The second kappa shape index (κ2) is 6.51. The molecule has 1 rings (SSSR count). The second-order valence-corrected chi connectivity index (χ2v) is 7.66. The maximum Gasteiger partial charge on any atom is 0.0808 e. The van der Waals surface area contributed by atoms with Crippen LogP contribution in [0.15, 0.2) is 40.1 Å². The molecule has 2 heteroatoms. The van der Waals surface area contributed by atoms with Crippen molar-refractivity contribution in [1.29, 1.82) is 0 Å². The number of hydrogen-bond acceptors (Lipinski definition) is 1. The summed E-state index contributed by atoms with van der Waals surface area (Å²) in [6.45, 7) is 12.9. The predicted octanol–water partition coefficient (Wildman–Crippen LogP) is 5.08. The quantitative estimate of drug-likeness (QED) is 0.750. The van der Waals surface area contributed by atoms with Gasteiger partial charge in [0, 0.05) is 9.80 Å². The van der Waals surface area contributed by atoms with E-state index in [9.17, 15) is 4.21 Å². The first-order valence-corrected chi connectivity index (χ1v) is 8.10. The second-order valence-electron chi connectivity index (χ2n) is 6.18. The topological polar surface area (TPSA) is 17.1 Å². The van der Waals surface area contributed by atoms with Gasteiger partial charge in [0.15, 0.2) is 0 Å². The minimum absolute atomic E-state index is 0.126. The number of aryl methyl sites for hydroxylation is 1. The molecule has 0 saturated carbocycles. The van der Waals surface area contributed by atoms with Gasteiger partial charge in [-0.05, 0) is 36.8 Å². The molecule has 0 fully saturated rings. The van der Waals surface area contributed by atoms with Gasteiger partial charge in [-0.15, -0.1) is 0 Å². The molecule has 0 aromatic heterocycles. The number of allylic oxidation sites excluding steroid dienone is 2. The van der Waals surface area contributed by atoms with Crippen LogP contribution in [0.5, 0.6) is 0 Å². The van der Waals surface area contributed by atoms with E-state index >= 15 is 0 Å². The smallest absolute Gasteiger partial charge is 0.0808 e. The summed E-state index contributed by atoms with van der Waals surface area (Å²) in [5, 5.41) is 0. The summed E-state index contributed by atoms with van der Waals surface area (Å²) in [5.74, 6) is 0.301. The molecule has 1 nitrogen and oxygen atoms in total. The van der Waals surface area contributed by atoms with Gasteiger partial charge in [-0.1, -0.05) is 58.4 Å². The molecule has 1 aromatic carbocycles. The Bertz CT molecular complexity index is 463. The van der Waals surface area contributed by atoms with Gasteiger partial charge in [-0.3, -0.25) is 0 Å². The molecule has 0 aliphatic rings. The number of benzene rings is 1. The highest BCUT2D eigenvalue weighted by Crippen LogP contribution is 2.35. The average Bonchev–Trinajstić information content (AvgIpc) is 2.34. The molecule has 0 aliphatic heterocycles. The molecular formula is C17H26OS. The highest BCUT2D eigenvalue weighted by Gasteiger charge is 2.27. The van der Waals surface area contributed by atoms with Gasteiger partial charge in [0.25, 0.3) is 0 Å². The highest BCUT2D eigenvalue weighted by atomic mass is 32.2. The Morgan fingerprint density at radius 3 is 2.21 bits per heavy atom. The first kappa shape index (κ1) is 16.2. The average molecular weight is 278 g/mol. The van der Waals surface area contributed by atoms with Crippen LogP contribution in [0.2, 0.25) is 0 Å². The van der Waals surface area contributed by atoms with E-state index in [0.717, 1.165) is 16.2 Å². The number of hydrogen-bond donors (Lipinski definition) is 0. The Morgan fingerprint density at radius 1 is 1.26 bits per heavy atom. The molecule has 0 N–H and O–H groups in total. The summed E-state index contributed by atoms with van der Waals surface area (Å²) in [6, 6.07) is 8.01. The van der Waals surface area contributed by atoms with Crippen molar-refractivity contribution >= 4 is 10.8 Å². The molecule has 0 amide bonds. The van der Waals surface area contributed by atoms with Gasteiger partial charge < -0.3 is 0 Å². The summed E-state index contributed by atoms with van der Waals surface area (Å²) >= 11 is 0. The van der Waals surface area contributed by atoms with Crippen LogP contribution in [-0.4, -0.2) is 4.21 Å². The Hall–Kier alpha value is -0.890. The lowest BCUT2D eigenvalue weighted by Gasteiger charge is -2.29. The lowest BCUT2D eigenvalue weighted by molar-refractivity contribution is 0.309. The van der Waals surface area contributed by atoms with E-state index in [1.165, 1.54) is 5.56 Å². The molecule has 0 heterocycles. The molecule has 0 spiro atoms. The van der Waals surface area contributed by atoms with Crippen LogP contribution in [0, 0.1) is 18.3 Å². The zero-order valence-corrected chi connectivity index (χ0v) is 13.8. The zero-order chi connectivity index (χ0) is 14.6. The van der Waals surface area contributed by atoms with E-state index in [4.69, 9.17) is 0 Å². The highest BCUT2D eigenvalue weighted by molar-refractivity contribution is 7.89. The van der Waals surface area contributed by atoms with Crippen molar-refractivity contribution in [2.45, 2.75) is 52.9 Å². The van der Waals surface area contributed by atoms with Gasteiger partial charge in [-0.2, -0.15) is 0 Å². The van der Waals surface area contributed by atoms with Crippen LogP contribution in [0.25, 0.3) is 0 Å². The van der Waals surface area contributed by atoms with Crippen LogP contribution in [0.4, 0.5) is 0 Å². The Balaban J connectivity index is 3.11. The molecule has 19 heavy (non-hydrogen) atoms. The van der Waals surface area contributed by atoms with Crippen molar-refractivity contribution in [3.05, 3.63) is 40.8 Å². The van der Waals surface area contributed by atoms with E-state index in [2.05, 4.69) is 40.7 Å². The van der Waals surface area contributed by atoms with Crippen molar-refractivity contribution in [2.24, 2.45) is 11.3 Å². The first-order valence-electron chi connectivity index (χ1n) is 6.96. The molecular weight excluding hydrogens is 252 g/mol. The predicted molar refractivity (Wildman–Crippen MR) is 84.6 cm³/mol. The molecule has 1 aromatic rings. The summed E-state index contributed by atoms with van der Waals surface area (Å²) in [7, 11) is -1.04. The largest absolute Gasteiger partial charge is 0.249 e.